The maximum atomic E-state index is 2.20. The average molecular weight is 291 g/mol. The summed E-state index contributed by atoms with van der Waals surface area (Å²) in [5.41, 5.74) is 2.83. The Kier molecular flexibility index (Phi) is 9.38. The molecule has 0 saturated heterocycles. The van der Waals surface area contributed by atoms with Crippen molar-refractivity contribution in [2.75, 3.05) is 0 Å². The van der Waals surface area contributed by atoms with Crippen molar-refractivity contribution >= 4 is 0 Å². The molecule has 101 valence electrons. The minimum Gasteiger partial charge on any atom is -0.0622 e. The van der Waals surface area contributed by atoms with E-state index in [-0.39, 0.29) is 18.6 Å². The summed E-state index contributed by atoms with van der Waals surface area (Å²) in [6.45, 7) is 8.81. The molecule has 2 rings (SSSR count). The number of rotatable bonds is 2. The molecule has 0 atom stereocenters. The fraction of sp³-hybridized carbons (Fsp3) is 0.333. The van der Waals surface area contributed by atoms with Gasteiger partial charge in [-0.3, -0.25) is 0 Å². The predicted octanol–water partition coefficient (Wildman–Crippen LogP) is 5.62. The van der Waals surface area contributed by atoms with Crippen molar-refractivity contribution in [1.82, 2.24) is 0 Å². The van der Waals surface area contributed by atoms with E-state index in [4.69, 9.17) is 0 Å². The van der Waals surface area contributed by atoms with Gasteiger partial charge in [-0.05, 0) is 23.0 Å². The molecule has 1 heteroatoms. The number of hydrogen-bond donors (Lipinski definition) is 0. The summed E-state index contributed by atoms with van der Waals surface area (Å²) in [6, 6.07) is 21.0. The number of benzene rings is 2. The molecule has 0 aromatic heterocycles. The van der Waals surface area contributed by atoms with E-state index in [2.05, 4.69) is 76.2 Å². The van der Waals surface area contributed by atoms with Gasteiger partial charge in [0.2, 0.25) is 0 Å². The molecular formula is C18H24V. The van der Waals surface area contributed by atoms with Gasteiger partial charge in [0.05, 0.1) is 0 Å². The van der Waals surface area contributed by atoms with Crippen LogP contribution in [0.1, 0.15) is 50.7 Å². The second kappa shape index (κ2) is 9.89. The molecule has 0 saturated carbocycles. The van der Waals surface area contributed by atoms with Gasteiger partial charge in [-0.15, -0.1) is 0 Å². The first-order chi connectivity index (χ1) is 8.61. The van der Waals surface area contributed by atoms with Crippen LogP contribution in [0.3, 0.4) is 0 Å². The van der Waals surface area contributed by atoms with Crippen molar-refractivity contribution in [2.24, 2.45) is 0 Å². The molecule has 0 aliphatic rings. The largest absolute Gasteiger partial charge is 0.0622 e. The molecule has 2 aromatic rings. The van der Waals surface area contributed by atoms with Gasteiger partial charge in [0.1, 0.15) is 0 Å². The first-order valence-electron chi connectivity index (χ1n) is 6.71. The zero-order valence-corrected chi connectivity index (χ0v) is 13.8. The van der Waals surface area contributed by atoms with E-state index >= 15 is 0 Å². The van der Waals surface area contributed by atoms with Crippen molar-refractivity contribution in [3.05, 3.63) is 71.8 Å². The van der Waals surface area contributed by atoms with Gasteiger partial charge in [-0.25, -0.2) is 0 Å². The fourth-order valence-corrected chi connectivity index (χ4v) is 1.68. The van der Waals surface area contributed by atoms with Gasteiger partial charge >= 0.3 is 0 Å². The van der Waals surface area contributed by atoms with Crippen molar-refractivity contribution in [2.45, 2.75) is 39.5 Å². The Labute approximate surface area is 130 Å². The second-order valence-electron chi connectivity index (χ2n) is 5.13. The molecule has 0 bridgehead atoms. The standard InChI is InChI=1S/2C9H12.V/c2*1-8(2)9-6-4-3-5-7-9;/h2*3-8H,1-2H3;. The zero-order valence-electron chi connectivity index (χ0n) is 12.4. The van der Waals surface area contributed by atoms with Gasteiger partial charge in [-0.1, -0.05) is 88.4 Å². The van der Waals surface area contributed by atoms with E-state index in [1.165, 1.54) is 11.1 Å². The van der Waals surface area contributed by atoms with Crippen LogP contribution in [0.15, 0.2) is 60.7 Å². The summed E-state index contributed by atoms with van der Waals surface area (Å²) in [5.74, 6) is 1.32. The quantitative estimate of drug-likeness (QED) is 0.674. The summed E-state index contributed by atoms with van der Waals surface area (Å²) >= 11 is 0. The molecule has 0 aliphatic carbocycles. The Bertz CT molecular complexity index is 374. The minimum absolute atomic E-state index is 0. The van der Waals surface area contributed by atoms with Crippen molar-refractivity contribution < 1.29 is 18.6 Å². The maximum Gasteiger partial charge on any atom is 0 e. The topological polar surface area (TPSA) is 0 Å². The SMILES string of the molecule is CC(C)c1ccccc1.CC(C)c1ccccc1.[V]. The molecule has 0 nitrogen and oxygen atoms in total. The molecule has 19 heavy (non-hydrogen) atoms. The van der Waals surface area contributed by atoms with Crippen molar-refractivity contribution in [3.8, 4) is 0 Å². The summed E-state index contributed by atoms with van der Waals surface area (Å²) < 4.78 is 0. The zero-order chi connectivity index (χ0) is 13.4. The Morgan fingerprint density at radius 1 is 0.526 bits per heavy atom. The van der Waals surface area contributed by atoms with Gasteiger partial charge in [-0.2, -0.15) is 0 Å². The molecule has 0 amide bonds. The third-order valence-corrected chi connectivity index (χ3v) is 2.93. The molecule has 0 unspecified atom stereocenters. The summed E-state index contributed by atoms with van der Waals surface area (Å²) in [6.07, 6.45) is 0. The minimum atomic E-state index is 0. The molecule has 0 fully saturated rings. The normalized spacial score (nSPS) is 9.58. The van der Waals surface area contributed by atoms with Crippen LogP contribution in [0.25, 0.3) is 0 Å². The van der Waals surface area contributed by atoms with E-state index < -0.39 is 0 Å². The van der Waals surface area contributed by atoms with Gasteiger partial charge in [0.25, 0.3) is 0 Å². The van der Waals surface area contributed by atoms with E-state index in [1.54, 1.807) is 0 Å². The second-order valence-corrected chi connectivity index (χ2v) is 5.13. The van der Waals surface area contributed by atoms with Gasteiger partial charge < -0.3 is 0 Å². The van der Waals surface area contributed by atoms with E-state index in [0.717, 1.165) is 0 Å². The first-order valence-corrected chi connectivity index (χ1v) is 6.71. The smallest absolute Gasteiger partial charge is 0 e. The molecule has 0 spiro atoms. The van der Waals surface area contributed by atoms with Crippen LogP contribution in [0, 0.1) is 0 Å². The predicted molar refractivity (Wildman–Crippen MR) is 81.1 cm³/mol. The van der Waals surface area contributed by atoms with Crippen LogP contribution in [0.4, 0.5) is 0 Å². The molecule has 2 aromatic carbocycles. The first kappa shape index (κ1) is 18.0. The molecule has 0 N–H and O–H groups in total. The van der Waals surface area contributed by atoms with E-state index in [0.29, 0.717) is 11.8 Å². The van der Waals surface area contributed by atoms with Crippen LogP contribution >= 0.6 is 0 Å². The van der Waals surface area contributed by atoms with E-state index in [9.17, 15) is 0 Å². The monoisotopic (exact) mass is 291 g/mol. The Hall–Kier alpha value is -0.976. The molecule has 0 aliphatic heterocycles. The third kappa shape index (κ3) is 7.25. The molecular weight excluding hydrogens is 267 g/mol. The summed E-state index contributed by atoms with van der Waals surface area (Å²) in [4.78, 5) is 0. The Balaban J connectivity index is 0.000000324. The Morgan fingerprint density at radius 3 is 0.947 bits per heavy atom. The maximum absolute atomic E-state index is 2.20. The molecule has 0 heterocycles. The summed E-state index contributed by atoms with van der Waals surface area (Å²) in [7, 11) is 0. The van der Waals surface area contributed by atoms with Crippen LogP contribution in [0.2, 0.25) is 0 Å². The average Bonchev–Trinajstić information content (AvgIpc) is 2.41. The van der Waals surface area contributed by atoms with Crippen molar-refractivity contribution in [1.29, 1.82) is 0 Å². The van der Waals surface area contributed by atoms with Crippen molar-refractivity contribution in [3.63, 3.8) is 0 Å². The third-order valence-electron chi connectivity index (χ3n) is 2.93. The van der Waals surface area contributed by atoms with Crippen LogP contribution in [-0.2, 0) is 18.6 Å². The fourth-order valence-electron chi connectivity index (χ4n) is 1.68. The van der Waals surface area contributed by atoms with Crippen LogP contribution in [0.5, 0.6) is 0 Å². The van der Waals surface area contributed by atoms with Crippen LogP contribution < -0.4 is 0 Å². The van der Waals surface area contributed by atoms with E-state index in [1.807, 2.05) is 12.1 Å². The summed E-state index contributed by atoms with van der Waals surface area (Å²) in [5, 5.41) is 0. The Morgan fingerprint density at radius 2 is 0.789 bits per heavy atom. The van der Waals surface area contributed by atoms with Gasteiger partial charge in [0, 0.05) is 18.6 Å². The van der Waals surface area contributed by atoms with Crippen LogP contribution in [-0.4, -0.2) is 0 Å². The number of hydrogen-bond acceptors (Lipinski definition) is 0. The van der Waals surface area contributed by atoms with Gasteiger partial charge in [0.15, 0.2) is 0 Å². The molecule has 1 radical (unpaired) electrons.